The van der Waals surface area contributed by atoms with Crippen LogP contribution >= 0.6 is 11.6 Å². The maximum absolute atomic E-state index is 13.5. The quantitative estimate of drug-likeness (QED) is 0.489. The third-order valence-corrected chi connectivity index (χ3v) is 6.61. The maximum atomic E-state index is 13.5. The molecule has 0 saturated heterocycles. The number of hydrogen-bond donors (Lipinski definition) is 1. The molecule has 178 valence electrons. The number of carbonyl (C=O) groups excluding carboxylic acids is 1. The summed E-state index contributed by atoms with van der Waals surface area (Å²) in [5, 5.41) is 3.55. The molecule has 0 saturated carbocycles. The van der Waals surface area contributed by atoms with Gasteiger partial charge in [-0.25, -0.2) is 4.39 Å². The van der Waals surface area contributed by atoms with Gasteiger partial charge in [0.25, 0.3) is 5.91 Å². The zero-order valence-electron chi connectivity index (χ0n) is 19.5. The van der Waals surface area contributed by atoms with Crippen LogP contribution in [0, 0.1) is 5.82 Å². The second-order valence-electron chi connectivity index (χ2n) is 8.44. The molecule has 1 aliphatic heterocycles. The van der Waals surface area contributed by atoms with Gasteiger partial charge in [0, 0.05) is 19.1 Å². The van der Waals surface area contributed by atoms with Gasteiger partial charge >= 0.3 is 0 Å². The summed E-state index contributed by atoms with van der Waals surface area (Å²) in [6, 6.07) is 17.2. The minimum absolute atomic E-state index is 0.139. The van der Waals surface area contributed by atoms with Gasteiger partial charge in [0.2, 0.25) is 0 Å². The molecule has 0 fully saturated rings. The number of halogens is 2. The molecular formula is C27H28ClFN2O3. The number of carbonyl (C=O) groups is 1. The van der Waals surface area contributed by atoms with Crippen LogP contribution in [-0.2, 0) is 13.0 Å². The summed E-state index contributed by atoms with van der Waals surface area (Å²) in [5.74, 6) is 0.827. The zero-order valence-corrected chi connectivity index (χ0v) is 20.2. The van der Waals surface area contributed by atoms with E-state index in [1.807, 2.05) is 19.1 Å². The highest BCUT2D eigenvalue weighted by Crippen LogP contribution is 2.40. The van der Waals surface area contributed by atoms with Gasteiger partial charge in [-0.1, -0.05) is 35.9 Å². The molecule has 0 aliphatic carbocycles. The molecule has 1 aliphatic rings. The van der Waals surface area contributed by atoms with Gasteiger partial charge in [0.1, 0.15) is 5.82 Å². The Kier molecular flexibility index (Phi) is 7.39. The molecule has 4 rings (SSSR count). The van der Waals surface area contributed by atoms with E-state index in [0.717, 1.165) is 29.7 Å². The van der Waals surface area contributed by atoms with Crippen molar-refractivity contribution in [1.82, 2.24) is 10.2 Å². The van der Waals surface area contributed by atoms with Gasteiger partial charge in [-0.2, -0.15) is 0 Å². The van der Waals surface area contributed by atoms with Crippen LogP contribution in [0.1, 0.15) is 40.0 Å². The Morgan fingerprint density at radius 2 is 1.79 bits per heavy atom. The van der Waals surface area contributed by atoms with Crippen molar-refractivity contribution in [2.75, 3.05) is 20.8 Å². The fourth-order valence-corrected chi connectivity index (χ4v) is 4.85. The maximum Gasteiger partial charge on any atom is 0.253 e. The molecule has 7 heteroatoms. The second-order valence-corrected chi connectivity index (χ2v) is 8.85. The molecule has 0 bridgehead atoms. The van der Waals surface area contributed by atoms with Crippen LogP contribution in [0.15, 0.2) is 60.7 Å². The molecule has 1 amide bonds. The number of benzene rings is 3. The first-order valence-electron chi connectivity index (χ1n) is 11.2. The molecule has 0 spiro atoms. The summed E-state index contributed by atoms with van der Waals surface area (Å²) >= 11 is 6.26. The molecule has 2 atom stereocenters. The molecule has 5 nitrogen and oxygen atoms in total. The van der Waals surface area contributed by atoms with E-state index in [-0.39, 0.29) is 23.8 Å². The predicted octanol–water partition coefficient (Wildman–Crippen LogP) is 5.41. The van der Waals surface area contributed by atoms with Crippen molar-refractivity contribution in [2.45, 2.75) is 32.0 Å². The topological polar surface area (TPSA) is 50.8 Å². The summed E-state index contributed by atoms with van der Waals surface area (Å²) in [5.41, 5.74) is 3.65. The van der Waals surface area contributed by atoms with E-state index in [4.69, 9.17) is 21.1 Å². The first-order chi connectivity index (χ1) is 16.4. The average molecular weight is 483 g/mol. The van der Waals surface area contributed by atoms with Gasteiger partial charge in [-0.05, 0) is 66.4 Å². The van der Waals surface area contributed by atoms with Gasteiger partial charge in [0.05, 0.1) is 30.8 Å². The molecule has 1 N–H and O–H groups in total. The number of nitrogens with one attached hydrogen (secondary N) is 1. The number of methoxy groups -OCH3 is 2. The molecule has 1 heterocycles. The van der Waals surface area contributed by atoms with E-state index in [1.54, 1.807) is 50.6 Å². The summed E-state index contributed by atoms with van der Waals surface area (Å²) in [6.07, 6.45) is 0.818. The van der Waals surface area contributed by atoms with Crippen molar-refractivity contribution >= 4 is 17.5 Å². The standard InChI is InChI=1S/C27H28ClFN2O3/c1-17(30-27(32)21-6-4-5-7-23(21)28)26-22-15-25(34-3)24(33-2)14-19(22)12-13-31(26)16-18-8-10-20(29)11-9-18/h4-11,14-15,17,26H,12-13,16H2,1-3H3,(H,30,32)/t17-,26-/m0/s1. The molecule has 0 aromatic heterocycles. The number of nitrogens with zero attached hydrogens (tertiary/aromatic N) is 1. The fourth-order valence-electron chi connectivity index (χ4n) is 4.62. The third-order valence-electron chi connectivity index (χ3n) is 6.28. The Hall–Kier alpha value is -3.09. The lowest BCUT2D eigenvalue weighted by Gasteiger charge is -2.41. The van der Waals surface area contributed by atoms with Crippen molar-refractivity contribution in [2.24, 2.45) is 0 Å². The minimum Gasteiger partial charge on any atom is -0.493 e. The van der Waals surface area contributed by atoms with Crippen LogP contribution in [-0.4, -0.2) is 37.6 Å². The van der Waals surface area contributed by atoms with E-state index in [1.165, 1.54) is 12.1 Å². The van der Waals surface area contributed by atoms with Crippen LogP contribution in [0.5, 0.6) is 11.5 Å². The Morgan fingerprint density at radius 3 is 2.47 bits per heavy atom. The Bertz CT molecular complexity index is 1170. The van der Waals surface area contributed by atoms with Crippen LogP contribution in [0.25, 0.3) is 0 Å². The molecule has 0 radical (unpaired) electrons. The molecule has 3 aromatic rings. The van der Waals surface area contributed by atoms with E-state index in [2.05, 4.69) is 10.2 Å². The van der Waals surface area contributed by atoms with E-state index in [9.17, 15) is 9.18 Å². The van der Waals surface area contributed by atoms with Crippen LogP contribution < -0.4 is 14.8 Å². The highest BCUT2D eigenvalue weighted by Gasteiger charge is 2.34. The number of amides is 1. The van der Waals surface area contributed by atoms with Crippen molar-refractivity contribution < 1.29 is 18.7 Å². The number of rotatable bonds is 7. The highest BCUT2D eigenvalue weighted by atomic mass is 35.5. The average Bonchev–Trinajstić information content (AvgIpc) is 2.84. The van der Waals surface area contributed by atoms with Crippen LogP contribution in [0.3, 0.4) is 0 Å². The third kappa shape index (κ3) is 5.03. The van der Waals surface area contributed by atoms with Gasteiger partial charge in [-0.15, -0.1) is 0 Å². The zero-order chi connectivity index (χ0) is 24.2. The highest BCUT2D eigenvalue weighted by molar-refractivity contribution is 6.33. The minimum atomic E-state index is -0.263. The lowest BCUT2D eigenvalue weighted by Crippen LogP contribution is -2.47. The van der Waals surface area contributed by atoms with Crippen molar-refractivity contribution in [3.05, 3.63) is 93.8 Å². The largest absolute Gasteiger partial charge is 0.493 e. The molecule has 0 unspecified atom stereocenters. The van der Waals surface area contributed by atoms with Crippen molar-refractivity contribution in [1.29, 1.82) is 0 Å². The Morgan fingerprint density at radius 1 is 1.12 bits per heavy atom. The van der Waals surface area contributed by atoms with Gasteiger partial charge in [-0.3, -0.25) is 9.69 Å². The summed E-state index contributed by atoms with van der Waals surface area (Å²) in [4.78, 5) is 15.4. The lowest BCUT2D eigenvalue weighted by molar-refractivity contribution is 0.0877. The fraction of sp³-hybridized carbons (Fsp3) is 0.296. The van der Waals surface area contributed by atoms with Crippen molar-refractivity contribution in [3.63, 3.8) is 0 Å². The summed E-state index contributed by atoms with van der Waals surface area (Å²) in [6.45, 7) is 3.38. The molecular weight excluding hydrogens is 455 g/mol. The van der Waals surface area contributed by atoms with Gasteiger partial charge in [0.15, 0.2) is 11.5 Å². The first kappa shape index (κ1) is 24.0. The molecule has 3 aromatic carbocycles. The number of ether oxygens (including phenoxy) is 2. The summed E-state index contributed by atoms with van der Waals surface area (Å²) < 4.78 is 24.5. The number of fused-ring (bicyclic) bond motifs is 1. The first-order valence-corrected chi connectivity index (χ1v) is 11.6. The SMILES string of the molecule is COc1cc2c(cc1OC)[C@H]([C@H](C)NC(=O)c1ccccc1Cl)N(Cc1ccc(F)cc1)CC2. The van der Waals surface area contributed by atoms with Crippen LogP contribution in [0.2, 0.25) is 5.02 Å². The van der Waals surface area contributed by atoms with E-state index >= 15 is 0 Å². The Labute approximate surface area is 204 Å². The monoisotopic (exact) mass is 482 g/mol. The smallest absolute Gasteiger partial charge is 0.253 e. The Balaban J connectivity index is 1.69. The van der Waals surface area contributed by atoms with E-state index < -0.39 is 0 Å². The summed E-state index contributed by atoms with van der Waals surface area (Å²) in [7, 11) is 3.23. The van der Waals surface area contributed by atoms with E-state index in [0.29, 0.717) is 28.6 Å². The van der Waals surface area contributed by atoms with Crippen molar-refractivity contribution in [3.8, 4) is 11.5 Å². The predicted molar refractivity (Wildman–Crippen MR) is 131 cm³/mol. The molecule has 34 heavy (non-hydrogen) atoms. The second kappa shape index (κ2) is 10.5. The number of hydrogen-bond acceptors (Lipinski definition) is 4. The lowest BCUT2D eigenvalue weighted by atomic mass is 9.87. The van der Waals surface area contributed by atoms with Gasteiger partial charge < -0.3 is 14.8 Å². The van der Waals surface area contributed by atoms with Crippen LogP contribution in [0.4, 0.5) is 4.39 Å². The normalized spacial score (nSPS) is 16.4.